The molecule has 36 heavy (non-hydrogen) atoms. The van der Waals surface area contributed by atoms with Gasteiger partial charge in [0.1, 0.15) is 11.4 Å². The molecule has 0 saturated carbocycles. The molecule has 1 N–H and O–H groups in total. The summed E-state index contributed by atoms with van der Waals surface area (Å²) in [6, 6.07) is 9.85. The molecule has 0 unspecified atom stereocenters. The van der Waals surface area contributed by atoms with E-state index in [4.69, 9.17) is 4.74 Å². The van der Waals surface area contributed by atoms with Crippen molar-refractivity contribution in [2.45, 2.75) is 56.0 Å². The van der Waals surface area contributed by atoms with Gasteiger partial charge in [-0.15, -0.1) is 11.8 Å². The van der Waals surface area contributed by atoms with Crippen molar-refractivity contribution in [3.05, 3.63) is 69.8 Å². The molecular formula is C24H29N3O7S2. The van der Waals surface area contributed by atoms with E-state index in [9.17, 15) is 28.1 Å². The molecule has 10 nitrogen and oxygen atoms in total. The van der Waals surface area contributed by atoms with Gasteiger partial charge in [-0.3, -0.25) is 20.2 Å². The molecule has 0 radical (unpaired) electrons. The van der Waals surface area contributed by atoms with E-state index in [2.05, 4.69) is 5.32 Å². The number of hydrogen-bond donors (Lipinski definition) is 1. The number of nitrogens with one attached hydrogen (secondary N) is 1. The third-order valence-corrected chi connectivity index (χ3v) is 8.93. The van der Waals surface area contributed by atoms with Crippen LogP contribution in [0.5, 0.6) is 0 Å². The molecular weight excluding hydrogens is 506 g/mol. The summed E-state index contributed by atoms with van der Waals surface area (Å²) in [6.07, 6.45) is -0.214. The zero-order chi connectivity index (χ0) is 26.7. The van der Waals surface area contributed by atoms with Crippen molar-refractivity contribution < 1.29 is 27.7 Å². The maximum atomic E-state index is 13.9. The molecule has 1 fully saturated rings. The monoisotopic (exact) mass is 535 g/mol. The lowest BCUT2D eigenvalue weighted by Crippen LogP contribution is -2.56. The smallest absolute Gasteiger partial charge is 0.330 e. The van der Waals surface area contributed by atoms with Crippen molar-refractivity contribution in [1.29, 1.82) is 0 Å². The first-order chi connectivity index (χ1) is 16.9. The van der Waals surface area contributed by atoms with Gasteiger partial charge in [0.15, 0.2) is 0 Å². The number of rotatable bonds is 9. The molecule has 1 aliphatic heterocycles. The second kappa shape index (κ2) is 11.0. The minimum atomic E-state index is -4.47. The fourth-order valence-corrected chi connectivity index (χ4v) is 6.66. The fourth-order valence-electron chi connectivity index (χ4n) is 3.72. The van der Waals surface area contributed by atoms with Crippen LogP contribution in [0.2, 0.25) is 0 Å². The third kappa shape index (κ3) is 6.23. The van der Waals surface area contributed by atoms with E-state index in [-0.39, 0.29) is 23.6 Å². The van der Waals surface area contributed by atoms with Crippen molar-refractivity contribution in [3.8, 4) is 0 Å². The number of ether oxygens (including phenoxy) is 1. The lowest BCUT2D eigenvalue weighted by Gasteiger charge is -2.32. The average Bonchev–Trinajstić information content (AvgIpc) is 3.19. The minimum absolute atomic E-state index is 0.0222. The summed E-state index contributed by atoms with van der Waals surface area (Å²) in [5, 5.41) is 13.3. The van der Waals surface area contributed by atoms with E-state index < -0.39 is 43.8 Å². The van der Waals surface area contributed by atoms with Crippen LogP contribution in [0, 0.1) is 17.0 Å². The van der Waals surface area contributed by atoms with Crippen LogP contribution in [0.1, 0.15) is 31.9 Å². The van der Waals surface area contributed by atoms with Gasteiger partial charge in [0.25, 0.3) is 21.6 Å². The number of amides is 1. The maximum absolute atomic E-state index is 13.9. The Labute approximate surface area is 214 Å². The molecule has 2 aromatic rings. The number of thioether (sulfide) groups is 1. The van der Waals surface area contributed by atoms with Gasteiger partial charge in [-0.2, -0.15) is 0 Å². The Morgan fingerprint density at radius 1 is 1.19 bits per heavy atom. The van der Waals surface area contributed by atoms with Gasteiger partial charge in [-0.1, -0.05) is 29.8 Å². The van der Waals surface area contributed by atoms with Crippen molar-refractivity contribution in [2.75, 3.05) is 12.4 Å². The Balaban J connectivity index is 2.10. The van der Waals surface area contributed by atoms with Gasteiger partial charge in [-0.05, 0) is 45.4 Å². The minimum Gasteiger partial charge on any atom is -0.464 e. The highest BCUT2D eigenvalue weighted by Crippen LogP contribution is 2.31. The Kier molecular flexibility index (Phi) is 8.42. The third-order valence-electron chi connectivity index (χ3n) is 5.57. The molecule has 194 valence electrons. The number of hydrogen-bond acceptors (Lipinski definition) is 9. The van der Waals surface area contributed by atoms with Crippen LogP contribution >= 0.6 is 11.8 Å². The number of nitrogens with zero attached hydrogens (tertiary/aromatic N) is 2. The second-order valence-corrected chi connectivity index (χ2v) is 12.0. The molecule has 1 saturated heterocycles. The highest BCUT2D eigenvalue weighted by atomic mass is 32.2. The zero-order valence-corrected chi connectivity index (χ0v) is 22.1. The molecule has 2 aromatic carbocycles. The number of non-ortho nitro benzene ring substituents is 1. The summed E-state index contributed by atoms with van der Waals surface area (Å²) in [5.74, 6) is -1.11. The summed E-state index contributed by atoms with van der Waals surface area (Å²) in [6.45, 7) is 7.15. The number of benzene rings is 2. The first-order valence-electron chi connectivity index (χ1n) is 11.3. The number of aryl methyl sites for hydroxylation is 1. The zero-order valence-electron chi connectivity index (χ0n) is 20.5. The van der Waals surface area contributed by atoms with Crippen LogP contribution in [0.25, 0.3) is 0 Å². The fraction of sp³-hybridized carbons (Fsp3) is 0.417. The van der Waals surface area contributed by atoms with E-state index in [1.807, 2.05) is 13.8 Å². The summed E-state index contributed by atoms with van der Waals surface area (Å²) in [7, 11) is -4.47. The van der Waals surface area contributed by atoms with E-state index in [1.165, 1.54) is 48.2 Å². The topological polar surface area (TPSA) is 136 Å². The number of esters is 1. The Morgan fingerprint density at radius 2 is 1.81 bits per heavy atom. The summed E-state index contributed by atoms with van der Waals surface area (Å²) >= 11 is 1.26. The number of nitro benzene ring substituents is 1. The van der Waals surface area contributed by atoms with Crippen LogP contribution in [0.15, 0.2) is 53.4 Å². The molecule has 1 aliphatic rings. The second-order valence-electron chi connectivity index (χ2n) is 9.07. The SMILES string of the molecule is CCOC(=O)[C@H](Cc1ccc([N+](=O)[O-])cc1)N(C(=O)[C@H]1NC(C)(C)CS1)S(=O)(=O)c1ccc(C)cc1. The summed E-state index contributed by atoms with van der Waals surface area (Å²) in [5.41, 5.74) is 0.694. The molecule has 1 amide bonds. The molecule has 3 rings (SSSR count). The standard InChI is InChI=1S/C24H29N3O7S2/c1-5-34-23(29)20(14-17-8-10-18(11-9-17)27(30)31)26(22(28)21-25-24(3,4)15-35-21)36(32,33)19-12-6-16(2)7-13-19/h6-13,20-21,25H,5,14-15H2,1-4H3/t20-,21-/m0/s1. The van der Waals surface area contributed by atoms with Crippen LogP contribution in [0.4, 0.5) is 5.69 Å². The van der Waals surface area contributed by atoms with Crippen molar-refractivity contribution in [1.82, 2.24) is 9.62 Å². The molecule has 1 heterocycles. The number of carbonyl (C=O) groups is 2. The molecule has 12 heteroatoms. The van der Waals surface area contributed by atoms with Gasteiger partial charge >= 0.3 is 5.97 Å². The summed E-state index contributed by atoms with van der Waals surface area (Å²) < 4.78 is 33.5. The molecule has 0 aliphatic carbocycles. The van der Waals surface area contributed by atoms with E-state index >= 15 is 0 Å². The highest BCUT2D eigenvalue weighted by Gasteiger charge is 2.46. The maximum Gasteiger partial charge on any atom is 0.330 e. The van der Waals surface area contributed by atoms with Gasteiger partial charge in [0.05, 0.1) is 16.4 Å². The van der Waals surface area contributed by atoms with Crippen molar-refractivity contribution in [2.24, 2.45) is 0 Å². The lowest BCUT2D eigenvalue weighted by molar-refractivity contribution is -0.384. The largest absolute Gasteiger partial charge is 0.464 e. The Morgan fingerprint density at radius 3 is 2.31 bits per heavy atom. The van der Waals surface area contributed by atoms with E-state index in [0.717, 1.165) is 5.56 Å². The Hall–Kier alpha value is -2.96. The summed E-state index contributed by atoms with van der Waals surface area (Å²) in [4.78, 5) is 37.2. The first kappa shape index (κ1) is 27.6. The van der Waals surface area contributed by atoms with Crippen LogP contribution in [-0.4, -0.2) is 58.8 Å². The van der Waals surface area contributed by atoms with Crippen LogP contribution < -0.4 is 5.32 Å². The number of nitro groups is 1. The van der Waals surface area contributed by atoms with Crippen LogP contribution in [-0.2, 0) is 30.8 Å². The average molecular weight is 536 g/mol. The van der Waals surface area contributed by atoms with E-state index in [1.54, 1.807) is 26.0 Å². The first-order valence-corrected chi connectivity index (χ1v) is 13.8. The van der Waals surface area contributed by atoms with Crippen molar-refractivity contribution in [3.63, 3.8) is 0 Å². The molecule has 2 atom stereocenters. The molecule has 0 aromatic heterocycles. The predicted molar refractivity (Wildman–Crippen MR) is 136 cm³/mol. The highest BCUT2D eigenvalue weighted by molar-refractivity contribution is 8.01. The lowest BCUT2D eigenvalue weighted by atomic mass is 10.1. The quantitative estimate of drug-likeness (QED) is 0.292. The van der Waals surface area contributed by atoms with E-state index in [0.29, 0.717) is 15.6 Å². The molecule has 0 spiro atoms. The normalized spacial score (nSPS) is 17.8. The van der Waals surface area contributed by atoms with Crippen LogP contribution in [0.3, 0.4) is 0 Å². The van der Waals surface area contributed by atoms with Gasteiger partial charge in [0.2, 0.25) is 0 Å². The van der Waals surface area contributed by atoms with Gasteiger partial charge in [-0.25, -0.2) is 17.5 Å². The van der Waals surface area contributed by atoms with Gasteiger partial charge < -0.3 is 4.74 Å². The molecule has 0 bridgehead atoms. The van der Waals surface area contributed by atoms with Crippen molar-refractivity contribution >= 4 is 39.3 Å². The number of carbonyl (C=O) groups excluding carboxylic acids is 2. The Bertz CT molecular complexity index is 1230. The van der Waals surface area contributed by atoms with Gasteiger partial charge in [0, 0.05) is 29.8 Å². The number of sulfonamides is 1. The predicted octanol–water partition coefficient (Wildman–Crippen LogP) is 3.04.